The molecule has 2 aromatic rings. The summed E-state index contributed by atoms with van der Waals surface area (Å²) in [7, 11) is -2.38. The molecule has 0 aliphatic heterocycles. The number of benzene rings is 2. The van der Waals surface area contributed by atoms with E-state index in [1.807, 2.05) is 30.3 Å². The van der Waals surface area contributed by atoms with Gasteiger partial charge in [-0.1, -0.05) is 53.5 Å². The third kappa shape index (κ3) is 3.73. The zero-order valence-electron chi connectivity index (χ0n) is 12.0. The van der Waals surface area contributed by atoms with Crippen LogP contribution in [0, 0.1) is 0 Å². The van der Waals surface area contributed by atoms with Gasteiger partial charge >= 0.3 is 0 Å². The van der Waals surface area contributed by atoms with E-state index in [-0.39, 0.29) is 14.9 Å². The molecule has 0 saturated heterocycles. The Morgan fingerprint density at radius 2 is 1.73 bits per heavy atom. The summed E-state index contributed by atoms with van der Waals surface area (Å²) in [6.07, 6.45) is 0. The van der Waals surface area contributed by atoms with E-state index < -0.39 is 16.1 Å². The van der Waals surface area contributed by atoms with Crippen molar-refractivity contribution in [3.05, 3.63) is 58.1 Å². The fourth-order valence-corrected chi connectivity index (χ4v) is 4.06. The number of ether oxygens (including phenoxy) is 1. The SMILES string of the molecule is COc1cc(Cl)c(S(=O)(=O)N[C@H](C)c2ccccc2)cc1Cl. The van der Waals surface area contributed by atoms with Crippen molar-refractivity contribution in [2.24, 2.45) is 0 Å². The van der Waals surface area contributed by atoms with Crippen molar-refractivity contribution in [2.45, 2.75) is 17.9 Å². The molecule has 0 radical (unpaired) electrons. The zero-order valence-corrected chi connectivity index (χ0v) is 14.3. The van der Waals surface area contributed by atoms with E-state index in [1.54, 1.807) is 6.92 Å². The molecule has 0 spiro atoms. The standard InChI is InChI=1S/C15H15Cl2NO3S/c1-10(11-6-4-3-5-7-11)18-22(19,20)15-9-12(16)14(21-2)8-13(15)17/h3-10,18H,1-2H3/t10-/m1/s1. The lowest BCUT2D eigenvalue weighted by atomic mass is 10.1. The van der Waals surface area contributed by atoms with Crippen LogP contribution in [0.5, 0.6) is 5.75 Å². The summed E-state index contributed by atoms with van der Waals surface area (Å²) in [6.45, 7) is 1.76. The van der Waals surface area contributed by atoms with Crippen LogP contribution in [-0.2, 0) is 10.0 Å². The molecular formula is C15H15Cl2NO3S. The molecule has 0 aliphatic carbocycles. The van der Waals surface area contributed by atoms with Crippen LogP contribution in [0.15, 0.2) is 47.4 Å². The van der Waals surface area contributed by atoms with E-state index in [0.717, 1.165) is 5.56 Å². The topological polar surface area (TPSA) is 55.4 Å². The Hall–Kier alpha value is -1.27. The van der Waals surface area contributed by atoms with E-state index in [1.165, 1.54) is 19.2 Å². The lowest BCUT2D eigenvalue weighted by Gasteiger charge is -2.16. The molecule has 0 aliphatic rings. The Bertz CT molecular complexity index is 764. The first-order valence-electron chi connectivity index (χ1n) is 6.45. The summed E-state index contributed by atoms with van der Waals surface area (Å²) in [6, 6.07) is 11.5. The van der Waals surface area contributed by atoms with Gasteiger partial charge in [-0.25, -0.2) is 13.1 Å². The number of hydrogen-bond donors (Lipinski definition) is 1. The fraction of sp³-hybridized carbons (Fsp3) is 0.200. The average molecular weight is 360 g/mol. The van der Waals surface area contributed by atoms with E-state index in [2.05, 4.69) is 4.72 Å². The van der Waals surface area contributed by atoms with Crippen LogP contribution in [0.1, 0.15) is 18.5 Å². The third-order valence-corrected chi connectivity index (χ3v) is 5.43. The van der Waals surface area contributed by atoms with E-state index >= 15 is 0 Å². The summed E-state index contributed by atoms with van der Waals surface area (Å²) in [4.78, 5) is -0.0808. The van der Waals surface area contributed by atoms with Crippen LogP contribution in [0.25, 0.3) is 0 Å². The summed E-state index contributed by atoms with van der Waals surface area (Å²) in [5.74, 6) is 0.321. The van der Waals surface area contributed by atoms with Crippen LogP contribution in [0.3, 0.4) is 0 Å². The highest BCUT2D eigenvalue weighted by atomic mass is 35.5. The van der Waals surface area contributed by atoms with Crippen molar-refractivity contribution in [1.29, 1.82) is 0 Å². The van der Waals surface area contributed by atoms with Crippen molar-refractivity contribution in [1.82, 2.24) is 4.72 Å². The van der Waals surface area contributed by atoms with Gasteiger partial charge in [-0.2, -0.15) is 0 Å². The molecule has 2 aromatic carbocycles. The molecule has 118 valence electrons. The minimum absolute atomic E-state index is 0.0500. The van der Waals surface area contributed by atoms with Gasteiger partial charge in [0.1, 0.15) is 10.6 Å². The number of hydrogen-bond acceptors (Lipinski definition) is 3. The Morgan fingerprint density at radius 3 is 2.32 bits per heavy atom. The first kappa shape index (κ1) is 17.1. The molecule has 2 rings (SSSR count). The monoisotopic (exact) mass is 359 g/mol. The fourth-order valence-electron chi connectivity index (χ4n) is 1.98. The van der Waals surface area contributed by atoms with Gasteiger partial charge in [-0.15, -0.1) is 0 Å². The summed E-state index contributed by atoms with van der Waals surface area (Å²) >= 11 is 12.0. The third-order valence-electron chi connectivity index (χ3n) is 3.13. The Balaban J connectivity index is 2.33. The van der Waals surface area contributed by atoms with E-state index in [0.29, 0.717) is 5.75 Å². The average Bonchev–Trinajstić information content (AvgIpc) is 2.49. The molecule has 4 nitrogen and oxygen atoms in total. The van der Waals surface area contributed by atoms with Crippen molar-refractivity contribution in [2.75, 3.05) is 7.11 Å². The second kappa shape index (κ2) is 6.87. The van der Waals surface area contributed by atoms with Gasteiger partial charge in [0.05, 0.1) is 17.2 Å². The summed E-state index contributed by atoms with van der Waals surface area (Å²) in [5.41, 5.74) is 0.849. The molecular weight excluding hydrogens is 345 g/mol. The van der Waals surface area contributed by atoms with Crippen LogP contribution in [-0.4, -0.2) is 15.5 Å². The maximum absolute atomic E-state index is 12.5. The minimum Gasteiger partial charge on any atom is -0.495 e. The van der Waals surface area contributed by atoms with Gasteiger partial charge in [-0.3, -0.25) is 0 Å². The quantitative estimate of drug-likeness (QED) is 0.876. The summed E-state index contributed by atoms with van der Waals surface area (Å²) < 4.78 is 32.6. The zero-order chi connectivity index (χ0) is 16.3. The molecule has 7 heteroatoms. The smallest absolute Gasteiger partial charge is 0.242 e. The van der Waals surface area contributed by atoms with Crippen molar-refractivity contribution < 1.29 is 13.2 Å². The number of sulfonamides is 1. The van der Waals surface area contributed by atoms with Gasteiger partial charge < -0.3 is 4.74 Å². The molecule has 0 amide bonds. The van der Waals surface area contributed by atoms with Crippen LogP contribution in [0.4, 0.5) is 0 Å². The molecule has 1 atom stereocenters. The normalized spacial score (nSPS) is 12.9. The maximum Gasteiger partial charge on any atom is 0.242 e. The second-order valence-corrected chi connectivity index (χ2v) is 7.17. The molecule has 22 heavy (non-hydrogen) atoms. The van der Waals surface area contributed by atoms with Crippen LogP contribution < -0.4 is 9.46 Å². The van der Waals surface area contributed by atoms with Gasteiger partial charge in [0.15, 0.2) is 0 Å². The van der Waals surface area contributed by atoms with Gasteiger partial charge in [0.25, 0.3) is 0 Å². The molecule has 1 N–H and O–H groups in total. The second-order valence-electron chi connectivity index (χ2n) is 4.67. The molecule has 0 unspecified atom stereocenters. The van der Waals surface area contributed by atoms with Crippen molar-refractivity contribution >= 4 is 33.2 Å². The van der Waals surface area contributed by atoms with Crippen LogP contribution in [0.2, 0.25) is 10.0 Å². The minimum atomic E-state index is -3.81. The van der Waals surface area contributed by atoms with Gasteiger partial charge in [0, 0.05) is 12.1 Å². The predicted octanol–water partition coefficient (Wildman–Crippen LogP) is 4.04. The van der Waals surface area contributed by atoms with Gasteiger partial charge in [-0.05, 0) is 18.6 Å². The summed E-state index contributed by atoms with van der Waals surface area (Å²) in [5, 5.41) is 0.230. The highest BCUT2D eigenvalue weighted by molar-refractivity contribution is 7.89. The lowest BCUT2D eigenvalue weighted by Crippen LogP contribution is -2.27. The molecule has 0 aromatic heterocycles. The first-order chi connectivity index (χ1) is 10.3. The number of halogens is 2. The first-order valence-corrected chi connectivity index (χ1v) is 8.69. The van der Waals surface area contributed by atoms with Crippen LogP contribution >= 0.6 is 23.2 Å². The van der Waals surface area contributed by atoms with Crippen molar-refractivity contribution in [3.63, 3.8) is 0 Å². The molecule has 0 saturated carbocycles. The highest BCUT2D eigenvalue weighted by Gasteiger charge is 2.23. The number of methoxy groups -OCH3 is 1. The lowest BCUT2D eigenvalue weighted by molar-refractivity contribution is 0.414. The van der Waals surface area contributed by atoms with Gasteiger partial charge in [0.2, 0.25) is 10.0 Å². The van der Waals surface area contributed by atoms with E-state index in [4.69, 9.17) is 27.9 Å². The molecule has 0 fully saturated rings. The van der Waals surface area contributed by atoms with E-state index in [9.17, 15) is 8.42 Å². The Kier molecular flexibility index (Phi) is 5.34. The highest BCUT2D eigenvalue weighted by Crippen LogP contribution is 2.33. The Morgan fingerprint density at radius 1 is 1.09 bits per heavy atom. The number of rotatable bonds is 5. The van der Waals surface area contributed by atoms with Crippen molar-refractivity contribution in [3.8, 4) is 5.75 Å². The largest absolute Gasteiger partial charge is 0.495 e. The maximum atomic E-state index is 12.5. The molecule has 0 bridgehead atoms. The molecule has 0 heterocycles. The predicted molar refractivity (Wildman–Crippen MR) is 88.2 cm³/mol. The Labute approximate surface area is 140 Å². The number of nitrogens with one attached hydrogen (secondary N) is 1.